The lowest BCUT2D eigenvalue weighted by Crippen LogP contribution is -2.40. The van der Waals surface area contributed by atoms with Gasteiger partial charge in [0.2, 0.25) is 0 Å². The zero-order chi connectivity index (χ0) is 16.2. The van der Waals surface area contributed by atoms with Crippen molar-refractivity contribution in [2.24, 2.45) is 0 Å². The second-order valence-corrected chi connectivity index (χ2v) is 4.93. The molecule has 0 saturated carbocycles. The number of amides is 1. The highest BCUT2D eigenvalue weighted by Crippen LogP contribution is 2.20. The van der Waals surface area contributed by atoms with E-state index in [9.17, 15) is 18.4 Å². The van der Waals surface area contributed by atoms with Crippen LogP contribution in [0.2, 0.25) is 0 Å². The van der Waals surface area contributed by atoms with Crippen LogP contribution in [0.5, 0.6) is 0 Å². The van der Waals surface area contributed by atoms with E-state index < -0.39 is 25.0 Å². The molecule has 118 valence electrons. The van der Waals surface area contributed by atoms with Crippen LogP contribution in [0.4, 0.5) is 8.78 Å². The van der Waals surface area contributed by atoms with Crippen molar-refractivity contribution in [2.45, 2.75) is 13.5 Å². The first-order chi connectivity index (χ1) is 9.73. The molecule has 0 saturated heterocycles. The summed E-state index contributed by atoms with van der Waals surface area (Å²) in [6.07, 6.45) is 0. The van der Waals surface area contributed by atoms with Crippen molar-refractivity contribution in [1.29, 1.82) is 0 Å². The molecule has 1 N–H and O–H groups in total. The number of likely N-dealkylation sites (N-methyl/N-ethyl adjacent to an activating group) is 1. The Labute approximate surface area is 121 Å². The molecule has 0 aliphatic carbocycles. The van der Waals surface area contributed by atoms with E-state index >= 15 is 0 Å². The molecule has 0 aliphatic heterocycles. The maximum absolute atomic E-state index is 13.0. The maximum atomic E-state index is 13.0. The van der Waals surface area contributed by atoms with Gasteiger partial charge in [0.15, 0.2) is 0 Å². The fourth-order valence-corrected chi connectivity index (χ4v) is 1.88. The van der Waals surface area contributed by atoms with E-state index in [1.807, 2.05) is 0 Å². The first-order valence-electron chi connectivity index (χ1n) is 6.35. The second-order valence-electron chi connectivity index (χ2n) is 4.93. The van der Waals surface area contributed by atoms with Crippen molar-refractivity contribution >= 4 is 11.9 Å². The van der Waals surface area contributed by atoms with Gasteiger partial charge in [0.05, 0.1) is 0 Å². The molecule has 21 heavy (non-hydrogen) atoms. The summed E-state index contributed by atoms with van der Waals surface area (Å²) in [7, 11) is 3.55. The maximum Gasteiger partial charge on any atom is 0.323 e. The van der Waals surface area contributed by atoms with Crippen molar-refractivity contribution < 1.29 is 23.5 Å². The number of aliphatic carboxylic acids is 1. The zero-order valence-corrected chi connectivity index (χ0v) is 12.2. The molecular weight excluding hydrogens is 284 g/mol. The van der Waals surface area contributed by atoms with Crippen molar-refractivity contribution in [3.05, 3.63) is 23.5 Å². The first kappa shape index (κ1) is 17.1. The van der Waals surface area contributed by atoms with Crippen molar-refractivity contribution in [2.75, 3.05) is 33.7 Å². The molecule has 1 heterocycles. The SMILES string of the molecule is Cc1ccc(C(=O)N(CCN(C)C)CC(=O)O)n1C(F)F. The Balaban J connectivity index is 3.01. The number of halogens is 2. The largest absolute Gasteiger partial charge is 0.480 e. The Kier molecular flexibility index (Phi) is 5.83. The lowest BCUT2D eigenvalue weighted by Gasteiger charge is -2.23. The highest BCUT2D eigenvalue weighted by Gasteiger charge is 2.25. The van der Waals surface area contributed by atoms with E-state index in [1.165, 1.54) is 19.1 Å². The van der Waals surface area contributed by atoms with Crippen LogP contribution in [0.25, 0.3) is 0 Å². The summed E-state index contributed by atoms with van der Waals surface area (Å²) in [4.78, 5) is 26.0. The van der Waals surface area contributed by atoms with Gasteiger partial charge in [0, 0.05) is 18.8 Å². The summed E-state index contributed by atoms with van der Waals surface area (Å²) in [5.41, 5.74) is 0.0405. The predicted octanol–water partition coefficient (Wildman–Crippen LogP) is 1.28. The number of hydrogen-bond donors (Lipinski definition) is 1. The minimum Gasteiger partial charge on any atom is -0.480 e. The topological polar surface area (TPSA) is 65.8 Å². The van der Waals surface area contributed by atoms with E-state index in [1.54, 1.807) is 19.0 Å². The van der Waals surface area contributed by atoms with E-state index in [0.29, 0.717) is 11.1 Å². The van der Waals surface area contributed by atoms with Gasteiger partial charge in [-0.1, -0.05) is 0 Å². The summed E-state index contributed by atoms with van der Waals surface area (Å²) >= 11 is 0. The van der Waals surface area contributed by atoms with Gasteiger partial charge in [-0.2, -0.15) is 8.78 Å². The normalized spacial score (nSPS) is 11.2. The van der Waals surface area contributed by atoms with Crippen LogP contribution in [-0.2, 0) is 4.79 Å². The second kappa shape index (κ2) is 7.16. The molecule has 1 rings (SSSR count). The molecule has 0 bridgehead atoms. The lowest BCUT2D eigenvalue weighted by molar-refractivity contribution is -0.137. The number of rotatable bonds is 7. The molecule has 0 fully saturated rings. The lowest BCUT2D eigenvalue weighted by atomic mass is 10.3. The molecule has 1 aromatic heterocycles. The van der Waals surface area contributed by atoms with E-state index in [4.69, 9.17) is 5.11 Å². The third kappa shape index (κ3) is 4.52. The van der Waals surface area contributed by atoms with Crippen LogP contribution in [0.3, 0.4) is 0 Å². The van der Waals surface area contributed by atoms with Crippen LogP contribution < -0.4 is 0 Å². The molecule has 0 aromatic carbocycles. The zero-order valence-electron chi connectivity index (χ0n) is 12.2. The van der Waals surface area contributed by atoms with Crippen LogP contribution >= 0.6 is 0 Å². The predicted molar refractivity (Wildman–Crippen MR) is 72.5 cm³/mol. The molecule has 1 amide bonds. The van der Waals surface area contributed by atoms with Gasteiger partial charge in [0.25, 0.3) is 5.91 Å². The number of aromatic nitrogens is 1. The number of carbonyl (C=O) groups is 2. The molecule has 0 aliphatic rings. The summed E-state index contributed by atoms with van der Waals surface area (Å²) in [6.45, 7) is -1.33. The molecule has 0 atom stereocenters. The van der Waals surface area contributed by atoms with Gasteiger partial charge in [0.1, 0.15) is 12.2 Å². The van der Waals surface area contributed by atoms with E-state index in [0.717, 1.165) is 4.90 Å². The average molecular weight is 303 g/mol. The number of carbonyl (C=O) groups excluding carboxylic acids is 1. The third-order valence-corrected chi connectivity index (χ3v) is 2.97. The Morgan fingerprint density at radius 2 is 1.90 bits per heavy atom. The van der Waals surface area contributed by atoms with Crippen LogP contribution in [0, 0.1) is 6.92 Å². The summed E-state index contributed by atoms with van der Waals surface area (Å²) in [6, 6.07) is 2.69. The number of alkyl halides is 2. The first-order valence-corrected chi connectivity index (χ1v) is 6.35. The molecular formula is C13H19F2N3O3. The molecule has 8 heteroatoms. The molecule has 6 nitrogen and oxygen atoms in total. The Hall–Kier alpha value is -1.96. The summed E-state index contributed by atoms with van der Waals surface area (Å²) in [5.74, 6) is -1.90. The monoisotopic (exact) mass is 303 g/mol. The van der Waals surface area contributed by atoms with Crippen LogP contribution in [-0.4, -0.2) is 65.1 Å². The summed E-state index contributed by atoms with van der Waals surface area (Å²) in [5, 5.41) is 8.87. The van der Waals surface area contributed by atoms with E-state index in [2.05, 4.69) is 0 Å². The Bertz CT molecular complexity index is 515. The van der Waals surface area contributed by atoms with Gasteiger partial charge in [-0.3, -0.25) is 14.2 Å². The molecule has 1 aromatic rings. The Morgan fingerprint density at radius 3 is 2.38 bits per heavy atom. The van der Waals surface area contributed by atoms with Crippen molar-refractivity contribution in [1.82, 2.24) is 14.4 Å². The van der Waals surface area contributed by atoms with Gasteiger partial charge in [-0.25, -0.2) is 0 Å². The van der Waals surface area contributed by atoms with E-state index in [-0.39, 0.29) is 17.9 Å². The van der Waals surface area contributed by atoms with Gasteiger partial charge >= 0.3 is 12.5 Å². The van der Waals surface area contributed by atoms with Gasteiger partial charge < -0.3 is 14.9 Å². The van der Waals surface area contributed by atoms with Gasteiger partial charge in [-0.05, 0) is 33.2 Å². The Morgan fingerprint density at radius 1 is 1.29 bits per heavy atom. The van der Waals surface area contributed by atoms with Crippen molar-refractivity contribution in [3.63, 3.8) is 0 Å². The quantitative estimate of drug-likeness (QED) is 0.824. The number of carboxylic acids is 1. The standard InChI is InChI=1S/C13H19F2N3O3/c1-9-4-5-10(18(9)13(14)15)12(21)17(8-11(19)20)7-6-16(2)3/h4-5,13H,6-8H2,1-3H3,(H,19,20). The third-order valence-electron chi connectivity index (χ3n) is 2.97. The molecule has 0 radical (unpaired) electrons. The summed E-state index contributed by atoms with van der Waals surface area (Å²) < 4.78 is 26.6. The molecule has 0 unspecified atom stereocenters. The fourth-order valence-electron chi connectivity index (χ4n) is 1.88. The minimum absolute atomic E-state index is 0.144. The number of carboxylic acid groups (broad SMARTS) is 1. The number of nitrogens with zero attached hydrogens (tertiary/aromatic N) is 3. The van der Waals surface area contributed by atoms with Crippen LogP contribution in [0.15, 0.2) is 12.1 Å². The highest BCUT2D eigenvalue weighted by atomic mass is 19.3. The highest BCUT2D eigenvalue weighted by molar-refractivity contribution is 5.94. The average Bonchev–Trinajstić information content (AvgIpc) is 2.75. The fraction of sp³-hybridized carbons (Fsp3) is 0.538. The van der Waals surface area contributed by atoms with Gasteiger partial charge in [-0.15, -0.1) is 0 Å². The van der Waals surface area contributed by atoms with Crippen molar-refractivity contribution in [3.8, 4) is 0 Å². The van der Waals surface area contributed by atoms with Crippen LogP contribution in [0.1, 0.15) is 22.7 Å². The number of aryl methyl sites for hydroxylation is 1. The number of hydrogen-bond acceptors (Lipinski definition) is 3. The molecule has 0 spiro atoms. The smallest absolute Gasteiger partial charge is 0.323 e. The minimum atomic E-state index is -2.85.